The minimum atomic E-state index is -0.875. The zero-order valence-electron chi connectivity index (χ0n) is 12.7. The van der Waals surface area contributed by atoms with E-state index in [1.807, 2.05) is 0 Å². The molecule has 8 heteroatoms. The predicted octanol–water partition coefficient (Wildman–Crippen LogP) is 2.26. The molecule has 0 radical (unpaired) electrons. The van der Waals surface area contributed by atoms with Crippen molar-refractivity contribution in [2.24, 2.45) is 0 Å². The summed E-state index contributed by atoms with van der Waals surface area (Å²) >= 11 is 9.31. The number of methoxy groups -OCH3 is 2. The van der Waals surface area contributed by atoms with E-state index in [-0.39, 0.29) is 19.3 Å². The summed E-state index contributed by atoms with van der Waals surface area (Å²) in [5.41, 5.74) is 0.751. The molecule has 23 heavy (non-hydrogen) atoms. The van der Waals surface area contributed by atoms with Gasteiger partial charge in [-0.2, -0.15) is 0 Å². The van der Waals surface area contributed by atoms with Crippen LogP contribution >= 0.6 is 27.5 Å². The average Bonchev–Trinajstić information content (AvgIpc) is 2.54. The fraction of sp³-hybridized carbons (Fsp3) is 0.400. The number of halogens is 2. The summed E-state index contributed by atoms with van der Waals surface area (Å²) in [6.07, 6.45) is 0.0751. The number of hydrogen-bond acceptors (Lipinski definition) is 5. The van der Waals surface area contributed by atoms with Gasteiger partial charge in [0.1, 0.15) is 6.04 Å². The normalized spacial score (nSPS) is 11.5. The Morgan fingerprint density at radius 3 is 2.52 bits per heavy atom. The lowest BCUT2D eigenvalue weighted by Crippen LogP contribution is -2.43. The van der Waals surface area contributed by atoms with Crippen LogP contribution in [0.1, 0.15) is 18.4 Å². The largest absolute Gasteiger partial charge is 0.469 e. The molecule has 0 saturated heterocycles. The second kappa shape index (κ2) is 9.52. The highest BCUT2D eigenvalue weighted by atomic mass is 79.9. The van der Waals surface area contributed by atoms with Crippen molar-refractivity contribution in [3.63, 3.8) is 0 Å². The van der Waals surface area contributed by atoms with Crippen molar-refractivity contribution in [1.82, 2.24) is 5.32 Å². The van der Waals surface area contributed by atoms with Gasteiger partial charge in [0.05, 0.1) is 20.6 Å². The number of amides is 1. The zero-order valence-corrected chi connectivity index (χ0v) is 15.1. The Labute approximate surface area is 147 Å². The lowest BCUT2D eigenvalue weighted by Gasteiger charge is -2.17. The van der Waals surface area contributed by atoms with Crippen molar-refractivity contribution >= 4 is 45.4 Å². The summed E-state index contributed by atoms with van der Waals surface area (Å²) in [5.74, 6) is -1.51. The molecule has 0 fully saturated rings. The third kappa shape index (κ3) is 6.58. The van der Waals surface area contributed by atoms with Crippen molar-refractivity contribution in [2.75, 3.05) is 14.2 Å². The first-order valence-electron chi connectivity index (χ1n) is 6.75. The maximum Gasteiger partial charge on any atom is 0.328 e. The molecule has 0 saturated carbocycles. The highest BCUT2D eigenvalue weighted by Gasteiger charge is 2.23. The monoisotopic (exact) mass is 405 g/mol. The van der Waals surface area contributed by atoms with Crippen LogP contribution in [0.4, 0.5) is 0 Å². The molecule has 1 N–H and O–H groups in total. The number of carbonyl (C=O) groups excluding carboxylic acids is 3. The summed E-state index contributed by atoms with van der Waals surface area (Å²) in [6.45, 7) is 0. The van der Waals surface area contributed by atoms with Gasteiger partial charge < -0.3 is 14.8 Å². The van der Waals surface area contributed by atoms with E-state index >= 15 is 0 Å². The number of nitrogens with one attached hydrogen (secondary N) is 1. The van der Waals surface area contributed by atoms with Crippen molar-refractivity contribution in [3.05, 3.63) is 33.3 Å². The van der Waals surface area contributed by atoms with Crippen LogP contribution in [-0.4, -0.2) is 38.1 Å². The van der Waals surface area contributed by atoms with Gasteiger partial charge in [0.15, 0.2) is 0 Å². The Morgan fingerprint density at radius 2 is 1.91 bits per heavy atom. The summed E-state index contributed by atoms with van der Waals surface area (Å²) < 4.78 is 9.94. The minimum Gasteiger partial charge on any atom is -0.469 e. The van der Waals surface area contributed by atoms with Gasteiger partial charge >= 0.3 is 11.9 Å². The SMILES string of the molecule is COC(=O)CCC(=O)N[C@@H](Cc1cc(Cl)ccc1Br)C(=O)OC. The van der Waals surface area contributed by atoms with E-state index in [1.165, 1.54) is 14.2 Å². The van der Waals surface area contributed by atoms with Crippen LogP contribution in [0.2, 0.25) is 5.02 Å². The van der Waals surface area contributed by atoms with E-state index in [0.717, 1.165) is 10.0 Å². The number of benzene rings is 1. The highest BCUT2D eigenvalue weighted by Crippen LogP contribution is 2.22. The maximum absolute atomic E-state index is 11.9. The van der Waals surface area contributed by atoms with E-state index in [9.17, 15) is 14.4 Å². The lowest BCUT2D eigenvalue weighted by molar-refractivity contribution is -0.145. The topological polar surface area (TPSA) is 81.7 Å². The van der Waals surface area contributed by atoms with E-state index in [4.69, 9.17) is 16.3 Å². The van der Waals surface area contributed by atoms with Crippen molar-refractivity contribution in [2.45, 2.75) is 25.3 Å². The summed E-state index contributed by atoms with van der Waals surface area (Å²) in [6, 6.07) is 4.28. The van der Waals surface area contributed by atoms with Crippen molar-refractivity contribution in [3.8, 4) is 0 Å². The zero-order chi connectivity index (χ0) is 17.4. The molecule has 0 heterocycles. The highest BCUT2D eigenvalue weighted by molar-refractivity contribution is 9.10. The van der Waals surface area contributed by atoms with E-state index < -0.39 is 23.9 Å². The second-order valence-electron chi connectivity index (χ2n) is 4.66. The molecule has 0 aromatic heterocycles. The Balaban J connectivity index is 2.77. The van der Waals surface area contributed by atoms with Crippen LogP contribution in [0.15, 0.2) is 22.7 Å². The second-order valence-corrected chi connectivity index (χ2v) is 5.95. The fourth-order valence-corrected chi connectivity index (χ4v) is 2.44. The Morgan fingerprint density at radius 1 is 1.22 bits per heavy atom. The first-order valence-corrected chi connectivity index (χ1v) is 7.92. The van der Waals surface area contributed by atoms with Crippen LogP contribution in [0.3, 0.4) is 0 Å². The van der Waals surface area contributed by atoms with E-state index in [2.05, 4.69) is 26.0 Å². The quantitative estimate of drug-likeness (QED) is 0.702. The Kier molecular flexibility index (Phi) is 8.05. The van der Waals surface area contributed by atoms with Gasteiger partial charge in [0.2, 0.25) is 5.91 Å². The van der Waals surface area contributed by atoms with Gasteiger partial charge in [-0.1, -0.05) is 27.5 Å². The van der Waals surface area contributed by atoms with Gasteiger partial charge in [0, 0.05) is 22.3 Å². The number of ether oxygens (including phenoxy) is 2. The molecule has 1 rings (SSSR count). The molecular formula is C15H17BrClNO5. The molecule has 0 unspecified atom stereocenters. The standard InChI is InChI=1S/C15H17BrClNO5/c1-22-14(20)6-5-13(19)18-12(15(21)23-2)8-9-7-10(17)3-4-11(9)16/h3-4,7,12H,5-6,8H2,1-2H3,(H,18,19)/t12-/m0/s1. The molecule has 1 amide bonds. The van der Waals surface area contributed by atoms with Gasteiger partial charge in [-0.05, 0) is 23.8 Å². The fourth-order valence-electron chi connectivity index (χ4n) is 1.84. The molecule has 6 nitrogen and oxygen atoms in total. The molecule has 126 valence electrons. The number of esters is 2. The number of hydrogen-bond donors (Lipinski definition) is 1. The third-order valence-corrected chi connectivity index (χ3v) is 4.05. The van der Waals surface area contributed by atoms with Gasteiger partial charge in [-0.3, -0.25) is 9.59 Å². The van der Waals surface area contributed by atoms with Crippen LogP contribution in [-0.2, 0) is 30.3 Å². The van der Waals surface area contributed by atoms with Crippen LogP contribution in [0.5, 0.6) is 0 Å². The average molecular weight is 407 g/mol. The molecule has 0 spiro atoms. The van der Waals surface area contributed by atoms with Crippen LogP contribution in [0, 0.1) is 0 Å². The molecule has 0 aliphatic heterocycles. The van der Waals surface area contributed by atoms with E-state index in [1.54, 1.807) is 18.2 Å². The Bertz CT molecular complexity index is 593. The maximum atomic E-state index is 11.9. The predicted molar refractivity (Wildman–Crippen MR) is 88.1 cm³/mol. The molecule has 0 aliphatic rings. The minimum absolute atomic E-state index is 0.0584. The van der Waals surface area contributed by atoms with E-state index in [0.29, 0.717) is 5.02 Å². The summed E-state index contributed by atoms with van der Waals surface area (Å²) in [7, 11) is 2.48. The number of carbonyl (C=O) groups is 3. The van der Waals surface area contributed by atoms with Crippen LogP contribution < -0.4 is 5.32 Å². The number of rotatable bonds is 7. The summed E-state index contributed by atoms with van der Waals surface area (Å²) in [4.78, 5) is 34.8. The molecule has 0 aliphatic carbocycles. The Hall–Kier alpha value is -1.60. The van der Waals surface area contributed by atoms with Crippen molar-refractivity contribution < 1.29 is 23.9 Å². The van der Waals surface area contributed by atoms with Gasteiger partial charge in [0.25, 0.3) is 0 Å². The van der Waals surface area contributed by atoms with Crippen LogP contribution in [0.25, 0.3) is 0 Å². The molecule has 1 atom stereocenters. The third-order valence-electron chi connectivity index (χ3n) is 3.04. The molecule has 0 bridgehead atoms. The van der Waals surface area contributed by atoms with Crippen molar-refractivity contribution in [1.29, 1.82) is 0 Å². The molecule has 1 aromatic rings. The summed E-state index contributed by atoms with van der Waals surface area (Å²) in [5, 5.41) is 3.07. The molecular weight excluding hydrogens is 390 g/mol. The lowest BCUT2D eigenvalue weighted by atomic mass is 10.1. The van der Waals surface area contributed by atoms with Gasteiger partial charge in [-0.15, -0.1) is 0 Å². The van der Waals surface area contributed by atoms with Gasteiger partial charge in [-0.25, -0.2) is 4.79 Å². The smallest absolute Gasteiger partial charge is 0.328 e. The first kappa shape index (κ1) is 19.4. The first-order chi connectivity index (χ1) is 10.9. The molecule has 1 aromatic carbocycles.